The number of hydrogen-bond acceptors (Lipinski definition) is 7. The topological polar surface area (TPSA) is 114 Å². The first kappa shape index (κ1) is 21.9. The Morgan fingerprint density at radius 2 is 1.77 bits per heavy atom. The highest BCUT2D eigenvalue weighted by molar-refractivity contribution is 7.89. The van der Waals surface area contributed by atoms with E-state index in [1.54, 1.807) is 6.21 Å². The van der Waals surface area contributed by atoms with E-state index in [1.807, 2.05) is 32.9 Å². The van der Waals surface area contributed by atoms with Crippen LogP contribution < -0.4 is 5.43 Å². The maximum atomic E-state index is 13.1. The second-order valence-corrected chi connectivity index (χ2v) is 9.04. The number of nitro benzene ring substituents is 1. The second kappa shape index (κ2) is 8.90. The lowest BCUT2D eigenvalue weighted by Crippen LogP contribution is -2.40. The SMILES string of the molecule is Cc1cc(C)c(/C=N/Nc2ccc([N+](=O)[O-])cc2S(=O)(=O)N2CCOCC2)c(C)c1. The number of rotatable bonds is 6. The molecule has 0 saturated carbocycles. The Bertz CT molecular complexity index is 1070. The minimum Gasteiger partial charge on any atom is -0.379 e. The highest BCUT2D eigenvalue weighted by atomic mass is 32.2. The Balaban J connectivity index is 1.96. The number of hydrazone groups is 1. The number of nitro groups is 1. The van der Waals surface area contributed by atoms with Crippen molar-refractivity contribution < 1.29 is 18.1 Å². The van der Waals surface area contributed by atoms with Crippen LogP contribution in [0.5, 0.6) is 0 Å². The van der Waals surface area contributed by atoms with Crippen molar-refractivity contribution in [2.24, 2.45) is 5.10 Å². The van der Waals surface area contributed by atoms with Gasteiger partial charge in [0, 0.05) is 30.8 Å². The van der Waals surface area contributed by atoms with Gasteiger partial charge in [0.05, 0.1) is 30.0 Å². The van der Waals surface area contributed by atoms with Crippen LogP contribution >= 0.6 is 0 Å². The maximum absolute atomic E-state index is 13.1. The summed E-state index contributed by atoms with van der Waals surface area (Å²) in [6, 6.07) is 7.74. The molecule has 0 aliphatic carbocycles. The van der Waals surface area contributed by atoms with Crippen LogP contribution in [0.2, 0.25) is 0 Å². The first-order valence-electron chi connectivity index (χ1n) is 9.43. The molecular weight excluding hydrogens is 408 g/mol. The molecule has 2 aromatic carbocycles. The van der Waals surface area contributed by atoms with Gasteiger partial charge in [0.1, 0.15) is 4.90 Å². The van der Waals surface area contributed by atoms with Crippen molar-refractivity contribution in [2.45, 2.75) is 25.7 Å². The van der Waals surface area contributed by atoms with E-state index in [0.717, 1.165) is 28.3 Å². The third kappa shape index (κ3) is 4.66. The third-order valence-corrected chi connectivity index (χ3v) is 6.82. The van der Waals surface area contributed by atoms with Crippen LogP contribution in [-0.2, 0) is 14.8 Å². The first-order valence-corrected chi connectivity index (χ1v) is 10.9. The average molecular weight is 433 g/mol. The van der Waals surface area contributed by atoms with Gasteiger partial charge in [0.2, 0.25) is 10.0 Å². The van der Waals surface area contributed by atoms with Crippen LogP contribution in [0.25, 0.3) is 0 Å². The number of aryl methyl sites for hydroxylation is 3. The van der Waals surface area contributed by atoms with E-state index < -0.39 is 14.9 Å². The molecule has 1 fully saturated rings. The summed E-state index contributed by atoms with van der Waals surface area (Å²) in [5, 5.41) is 15.4. The molecule has 1 aliphatic heterocycles. The highest BCUT2D eigenvalue weighted by Gasteiger charge is 2.30. The van der Waals surface area contributed by atoms with Crippen LogP contribution in [0.3, 0.4) is 0 Å². The van der Waals surface area contributed by atoms with E-state index in [4.69, 9.17) is 4.74 Å². The maximum Gasteiger partial charge on any atom is 0.270 e. The summed E-state index contributed by atoms with van der Waals surface area (Å²) in [5.74, 6) is 0. The zero-order valence-corrected chi connectivity index (χ0v) is 17.9. The Labute approximate surface area is 175 Å². The molecule has 1 N–H and O–H groups in total. The molecule has 9 nitrogen and oxygen atoms in total. The highest BCUT2D eigenvalue weighted by Crippen LogP contribution is 2.29. The molecule has 0 aromatic heterocycles. The van der Waals surface area contributed by atoms with Gasteiger partial charge in [-0.15, -0.1) is 0 Å². The normalized spacial score (nSPS) is 15.4. The minimum absolute atomic E-state index is 0.172. The lowest BCUT2D eigenvalue weighted by molar-refractivity contribution is -0.385. The summed E-state index contributed by atoms with van der Waals surface area (Å²) in [6.07, 6.45) is 1.62. The Hall–Kier alpha value is -2.82. The number of benzene rings is 2. The summed E-state index contributed by atoms with van der Waals surface area (Å²) in [6.45, 7) is 6.90. The number of anilines is 1. The second-order valence-electron chi connectivity index (χ2n) is 7.14. The fourth-order valence-electron chi connectivity index (χ4n) is 3.42. The summed E-state index contributed by atoms with van der Waals surface area (Å²) in [4.78, 5) is 10.4. The standard InChI is InChI=1S/C20H24N4O5S/c1-14-10-15(2)18(16(3)11-14)13-21-22-19-5-4-17(24(25)26)12-20(19)30(27,28)23-6-8-29-9-7-23/h4-5,10-13,22H,6-9H2,1-3H3/b21-13+. The van der Waals surface area contributed by atoms with E-state index in [2.05, 4.69) is 10.5 Å². The van der Waals surface area contributed by atoms with Gasteiger partial charge in [-0.1, -0.05) is 17.7 Å². The van der Waals surface area contributed by atoms with Crippen LogP contribution in [0.1, 0.15) is 22.3 Å². The molecule has 10 heteroatoms. The fourth-order valence-corrected chi connectivity index (χ4v) is 4.99. The van der Waals surface area contributed by atoms with Crippen molar-refractivity contribution in [3.63, 3.8) is 0 Å². The molecule has 1 aliphatic rings. The van der Waals surface area contributed by atoms with Crippen molar-refractivity contribution in [3.05, 3.63) is 62.7 Å². The van der Waals surface area contributed by atoms with Crippen molar-refractivity contribution in [2.75, 3.05) is 31.7 Å². The number of ether oxygens (including phenoxy) is 1. The Kier molecular flexibility index (Phi) is 6.49. The Morgan fingerprint density at radius 1 is 1.13 bits per heavy atom. The molecule has 1 saturated heterocycles. The number of hydrogen-bond donors (Lipinski definition) is 1. The lowest BCUT2D eigenvalue weighted by atomic mass is 10.0. The third-order valence-electron chi connectivity index (χ3n) is 4.88. The lowest BCUT2D eigenvalue weighted by Gasteiger charge is -2.26. The van der Waals surface area contributed by atoms with Gasteiger partial charge in [-0.05, 0) is 38.0 Å². The van der Waals surface area contributed by atoms with Crippen LogP contribution in [-0.4, -0.2) is 50.2 Å². The van der Waals surface area contributed by atoms with E-state index in [0.29, 0.717) is 0 Å². The van der Waals surface area contributed by atoms with Gasteiger partial charge in [-0.3, -0.25) is 15.5 Å². The van der Waals surface area contributed by atoms with Crippen LogP contribution in [0, 0.1) is 30.9 Å². The number of non-ortho nitro benzene ring substituents is 1. The number of sulfonamides is 1. The largest absolute Gasteiger partial charge is 0.379 e. The summed E-state index contributed by atoms with van der Waals surface area (Å²) < 4.78 is 32.7. The Morgan fingerprint density at radius 3 is 2.37 bits per heavy atom. The van der Waals surface area contributed by atoms with Crippen molar-refractivity contribution >= 4 is 27.6 Å². The number of morpholine rings is 1. The molecule has 2 aromatic rings. The molecule has 0 spiro atoms. The minimum atomic E-state index is -3.95. The summed E-state index contributed by atoms with van der Waals surface area (Å²) in [5.41, 5.74) is 6.78. The zero-order chi connectivity index (χ0) is 21.9. The predicted molar refractivity (Wildman–Crippen MR) is 115 cm³/mol. The molecule has 3 rings (SSSR count). The van der Waals surface area contributed by atoms with E-state index in [-0.39, 0.29) is 42.6 Å². The predicted octanol–water partition coefficient (Wildman–Crippen LogP) is 2.99. The smallest absolute Gasteiger partial charge is 0.270 e. The van der Waals surface area contributed by atoms with Crippen molar-refractivity contribution in [3.8, 4) is 0 Å². The van der Waals surface area contributed by atoms with Gasteiger partial charge < -0.3 is 4.74 Å². The molecular formula is C20H24N4O5S. The fraction of sp³-hybridized carbons (Fsp3) is 0.350. The first-order chi connectivity index (χ1) is 14.2. The van der Waals surface area contributed by atoms with Gasteiger partial charge >= 0.3 is 0 Å². The van der Waals surface area contributed by atoms with Gasteiger partial charge in [-0.2, -0.15) is 9.41 Å². The van der Waals surface area contributed by atoms with E-state index in [1.165, 1.54) is 16.4 Å². The quantitative estimate of drug-likeness (QED) is 0.426. The molecule has 160 valence electrons. The molecule has 0 radical (unpaired) electrons. The monoisotopic (exact) mass is 432 g/mol. The van der Waals surface area contributed by atoms with Gasteiger partial charge in [-0.25, -0.2) is 8.42 Å². The summed E-state index contributed by atoms with van der Waals surface area (Å²) in [7, 11) is -3.95. The van der Waals surface area contributed by atoms with Crippen LogP contribution in [0.15, 0.2) is 40.3 Å². The average Bonchev–Trinajstić information content (AvgIpc) is 2.70. The zero-order valence-electron chi connectivity index (χ0n) is 17.1. The number of nitrogens with zero attached hydrogens (tertiary/aromatic N) is 3. The molecule has 1 heterocycles. The van der Waals surface area contributed by atoms with E-state index in [9.17, 15) is 18.5 Å². The molecule has 0 unspecified atom stereocenters. The van der Waals surface area contributed by atoms with Gasteiger partial charge in [0.15, 0.2) is 0 Å². The molecule has 0 atom stereocenters. The van der Waals surface area contributed by atoms with Crippen LogP contribution in [0.4, 0.5) is 11.4 Å². The summed E-state index contributed by atoms with van der Waals surface area (Å²) >= 11 is 0. The van der Waals surface area contributed by atoms with Crippen molar-refractivity contribution in [1.82, 2.24) is 4.31 Å². The number of nitrogens with one attached hydrogen (secondary N) is 1. The van der Waals surface area contributed by atoms with E-state index >= 15 is 0 Å². The molecule has 0 bridgehead atoms. The van der Waals surface area contributed by atoms with Crippen molar-refractivity contribution in [1.29, 1.82) is 0 Å². The van der Waals surface area contributed by atoms with Gasteiger partial charge in [0.25, 0.3) is 5.69 Å². The molecule has 0 amide bonds. The molecule has 30 heavy (non-hydrogen) atoms.